The van der Waals surface area contributed by atoms with Crippen LogP contribution in [0.15, 0.2) is 0 Å². The SMILES string of the molecule is FC1(F)C[C@@H]2CCN2C1. The average molecular weight is 133 g/mol. The zero-order chi connectivity index (χ0) is 6.48. The van der Waals surface area contributed by atoms with Gasteiger partial charge in [0, 0.05) is 19.0 Å². The van der Waals surface area contributed by atoms with Crippen LogP contribution in [0.3, 0.4) is 0 Å². The number of alkyl halides is 2. The molecule has 0 amide bonds. The molecule has 0 aromatic rings. The van der Waals surface area contributed by atoms with Crippen LogP contribution in [0.1, 0.15) is 12.8 Å². The van der Waals surface area contributed by atoms with Crippen LogP contribution in [0, 0.1) is 0 Å². The summed E-state index contributed by atoms with van der Waals surface area (Å²) in [7, 11) is 0. The molecule has 2 aliphatic heterocycles. The highest BCUT2D eigenvalue weighted by molar-refractivity contribution is 4.96. The van der Waals surface area contributed by atoms with E-state index in [1.54, 1.807) is 0 Å². The first kappa shape index (κ1) is 5.59. The number of rotatable bonds is 0. The minimum absolute atomic E-state index is 0.0116. The lowest BCUT2D eigenvalue weighted by atomic mass is 10.0. The first-order valence-electron chi connectivity index (χ1n) is 3.29. The summed E-state index contributed by atoms with van der Waals surface area (Å²) in [6.45, 7) is 0.901. The number of halogens is 2. The second-order valence-corrected chi connectivity index (χ2v) is 2.97. The summed E-state index contributed by atoms with van der Waals surface area (Å²) in [5.41, 5.74) is 0. The van der Waals surface area contributed by atoms with Crippen molar-refractivity contribution in [1.82, 2.24) is 4.90 Å². The Morgan fingerprint density at radius 3 is 2.44 bits per heavy atom. The van der Waals surface area contributed by atoms with Crippen LogP contribution in [0.4, 0.5) is 8.78 Å². The standard InChI is InChI=1S/C6H9F2N/c7-6(8)3-5-1-2-9(5)4-6/h5H,1-4H2/t5-/m0/s1. The van der Waals surface area contributed by atoms with E-state index in [-0.39, 0.29) is 19.0 Å². The fourth-order valence-electron chi connectivity index (χ4n) is 1.64. The lowest BCUT2D eigenvalue weighted by molar-refractivity contribution is 0.0132. The minimum atomic E-state index is -2.37. The van der Waals surface area contributed by atoms with Gasteiger partial charge in [-0.1, -0.05) is 0 Å². The topological polar surface area (TPSA) is 3.24 Å². The van der Waals surface area contributed by atoms with Crippen LogP contribution in [-0.2, 0) is 0 Å². The molecule has 2 aliphatic rings. The fourth-order valence-corrected chi connectivity index (χ4v) is 1.64. The van der Waals surface area contributed by atoms with Gasteiger partial charge in [-0.15, -0.1) is 0 Å². The first-order chi connectivity index (χ1) is 4.17. The molecule has 0 radical (unpaired) electrons. The number of fused-ring (bicyclic) bond motifs is 1. The van der Waals surface area contributed by atoms with E-state index in [0.29, 0.717) is 0 Å². The maximum absolute atomic E-state index is 12.4. The van der Waals surface area contributed by atoms with Crippen molar-refractivity contribution in [3.63, 3.8) is 0 Å². The maximum Gasteiger partial charge on any atom is 0.262 e. The summed E-state index contributed by atoms with van der Waals surface area (Å²) in [5, 5.41) is 0. The summed E-state index contributed by atoms with van der Waals surface area (Å²) in [4.78, 5) is 1.86. The van der Waals surface area contributed by atoms with E-state index in [9.17, 15) is 8.78 Å². The highest BCUT2D eigenvalue weighted by atomic mass is 19.3. The van der Waals surface area contributed by atoms with Crippen molar-refractivity contribution in [2.24, 2.45) is 0 Å². The zero-order valence-electron chi connectivity index (χ0n) is 5.11. The van der Waals surface area contributed by atoms with Crippen molar-refractivity contribution in [2.75, 3.05) is 13.1 Å². The lowest BCUT2D eigenvalue weighted by Gasteiger charge is -2.33. The van der Waals surface area contributed by atoms with Gasteiger partial charge in [-0.3, -0.25) is 4.90 Å². The fraction of sp³-hybridized carbons (Fsp3) is 1.00. The Kier molecular flexibility index (Phi) is 0.903. The van der Waals surface area contributed by atoms with Crippen molar-refractivity contribution in [2.45, 2.75) is 24.8 Å². The Morgan fingerprint density at radius 2 is 2.22 bits per heavy atom. The molecule has 9 heavy (non-hydrogen) atoms. The van der Waals surface area contributed by atoms with Crippen LogP contribution in [-0.4, -0.2) is 30.0 Å². The molecule has 0 unspecified atom stereocenters. The third kappa shape index (κ3) is 0.748. The monoisotopic (exact) mass is 133 g/mol. The van der Waals surface area contributed by atoms with Gasteiger partial charge in [0.2, 0.25) is 0 Å². The predicted octanol–water partition coefficient (Wildman–Crippen LogP) is 1.10. The van der Waals surface area contributed by atoms with E-state index in [0.717, 1.165) is 13.0 Å². The molecule has 1 nitrogen and oxygen atoms in total. The number of hydrogen-bond acceptors (Lipinski definition) is 1. The van der Waals surface area contributed by atoms with E-state index >= 15 is 0 Å². The second-order valence-electron chi connectivity index (χ2n) is 2.97. The summed E-state index contributed by atoms with van der Waals surface area (Å²) in [6.07, 6.45) is 1.09. The predicted molar refractivity (Wildman–Crippen MR) is 29.5 cm³/mol. The first-order valence-corrected chi connectivity index (χ1v) is 3.29. The number of hydrogen-bond donors (Lipinski definition) is 0. The van der Waals surface area contributed by atoms with Crippen molar-refractivity contribution >= 4 is 0 Å². The molecule has 2 fully saturated rings. The van der Waals surface area contributed by atoms with Gasteiger partial charge in [-0.05, 0) is 6.42 Å². The average Bonchev–Trinajstić information content (AvgIpc) is 1.90. The van der Waals surface area contributed by atoms with Gasteiger partial charge in [0.1, 0.15) is 0 Å². The van der Waals surface area contributed by atoms with Gasteiger partial charge in [0.25, 0.3) is 5.92 Å². The van der Waals surface area contributed by atoms with Crippen LogP contribution in [0.25, 0.3) is 0 Å². The third-order valence-corrected chi connectivity index (χ3v) is 2.23. The normalized spacial score (nSPS) is 40.0. The van der Waals surface area contributed by atoms with Crippen LogP contribution < -0.4 is 0 Å². The molecule has 0 bridgehead atoms. The van der Waals surface area contributed by atoms with Crippen LogP contribution in [0.5, 0.6) is 0 Å². The molecule has 0 aromatic heterocycles. The summed E-state index contributed by atoms with van der Waals surface area (Å²) >= 11 is 0. The Balaban J connectivity index is 2.07. The minimum Gasteiger partial charge on any atom is -0.294 e. The molecule has 1 atom stereocenters. The van der Waals surface area contributed by atoms with E-state index < -0.39 is 5.92 Å². The maximum atomic E-state index is 12.4. The van der Waals surface area contributed by atoms with Crippen molar-refractivity contribution in [3.05, 3.63) is 0 Å². The lowest BCUT2D eigenvalue weighted by Crippen LogP contribution is -2.42. The Morgan fingerprint density at radius 1 is 1.44 bits per heavy atom. The van der Waals surface area contributed by atoms with Gasteiger partial charge < -0.3 is 0 Å². The highest BCUT2D eigenvalue weighted by Crippen LogP contribution is 2.38. The summed E-state index contributed by atoms with van der Waals surface area (Å²) in [6, 6.07) is 0.222. The smallest absolute Gasteiger partial charge is 0.262 e. The van der Waals surface area contributed by atoms with E-state index in [1.807, 2.05) is 4.90 Å². The van der Waals surface area contributed by atoms with Crippen LogP contribution in [0.2, 0.25) is 0 Å². The van der Waals surface area contributed by atoms with Crippen molar-refractivity contribution in [3.8, 4) is 0 Å². The van der Waals surface area contributed by atoms with E-state index in [1.165, 1.54) is 0 Å². The zero-order valence-corrected chi connectivity index (χ0v) is 5.11. The molecule has 2 heterocycles. The molecule has 2 saturated heterocycles. The van der Waals surface area contributed by atoms with Crippen molar-refractivity contribution in [1.29, 1.82) is 0 Å². The van der Waals surface area contributed by atoms with Gasteiger partial charge in [0.05, 0.1) is 6.54 Å². The third-order valence-electron chi connectivity index (χ3n) is 2.23. The molecule has 0 aliphatic carbocycles. The quantitative estimate of drug-likeness (QED) is 0.478. The molecule has 0 aromatic carbocycles. The van der Waals surface area contributed by atoms with E-state index in [4.69, 9.17) is 0 Å². The highest BCUT2D eigenvalue weighted by Gasteiger charge is 2.48. The second kappa shape index (κ2) is 1.45. The van der Waals surface area contributed by atoms with Gasteiger partial charge in [-0.2, -0.15) is 0 Å². The van der Waals surface area contributed by atoms with Gasteiger partial charge in [-0.25, -0.2) is 8.78 Å². The molecular formula is C6H9F2N. The van der Waals surface area contributed by atoms with Gasteiger partial charge >= 0.3 is 0 Å². The Bertz CT molecular complexity index is 121. The summed E-state index contributed by atoms with van der Waals surface area (Å²) in [5.74, 6) is -2.37. The van der Waals surface area contributed by atoms with Crippen LogP contribution >= 0.6 is 0 Å². The largest absolute Gasteiger partial charge is 0.294 e. The van der Waals surface area contributed by atoms with E-state index in [2.05, 4.69) is 0 Å². The molecule has 52 valence electrons. The molecule has 3 heteroatoms. The molecular weight excluding hydrogens is 124 g/mol. The Hall–Kier alpha value is -0.180. The molecule has 2 rings (SSSR count). The van der Waals surface area contributed by atoms with Crippen molar-refractivity contribution < 1.29 is 8.78 Å². The summed E-state index contributed by atoms with van der Waals surface area (Å²) < 4.78 is 24.9. The number of nitrogens with zero attached hydrogens (tertiary/aromatic N) is 1. The molecule has 0 spiro atoms. The molecule has 0 saturated carbocycles. The van der Waals surface area contributed by atoms with Gasteiger partial charge in [0.15, 0.2) is 0 Å². The Labute approximate surface area is 52.6 Å². The molecule has 0 N–H and O–H groups in total.